The van der Waals surface area contributed by atoms with Crippen LogP contribution in [-0.4, -0.2) is 17.7 Å². The van der Waals surface area contributed by atoms with Gasteiger partial charge in [0.05, 0.1) is 0 Å². The van der Waals surface area contributed by atoms with E-state index in [2.05, 4.69) is 10.3 Å². The molecule has 0 aromatic carbocycles. The van der Waals surface area contributed by atoms with Gasteiger partial charge in [-0.2, -0.15) is 13.2 Å². The molecule has 1 N–H and O–H groups in total. The lowest BCUT2D eigenvalue weighted by Gasteiger charge is -2.19. The van der Waals surface area contributed by atoms with E-state index in [1.165, 1.54) is 0 Å². The first kappa shape index (κ1) is 15.0. The van der Waals surface area contributed by atoms with Gasteiger partial charge in [0.1, 0.15) is 0 Å². The van der Waals surface area contributed by atoms with Gasteiger partial charge in [-0.05, 0) is 37.4 Å². The number of nitrogens with zero attached hydrogens (tertiary/aromatic N) is 1. The van der Waals surface area contributed by atoms with E-state index < -0.39 is 12.6 Å². The Hall–Kier alpha value is -1.10. The fourth-order valence-electron chi connectivity index (χ4n) is 1.78. The zero-order valence-corrected chi connectivity index (χ0v) is 10.7. The molecule has 18 heavy (non-hydrogen) atoms. The van der Waals surface area contributed by atoms with Crippen LogP contribution in [0.5, 0.6) is 0 Å². The maximum absolute atomic E-state index is 12.3. The maximum atomic E-state index is 12.3. The third-order valence-electron chi connectivity index (χ3n) is 2.66. The quantitative estimate of drug-likeness (QED) is 0.842. The van der Waals surface area contributed by atoms with Crippen LogP contribution >= 0.6 is 0 Å². The highest BCUT2D eigenvalue weighted by Crippen LogP contribution is 2.27. The lowest BCUT2D eigenvalue weighted by molar-refractivity contribution is -0.136. The number of rotatable bonds is 6. The molecule has 0 aliphatic heterocycles. The second kappa shape index (κ2) is 6.73. The molecule has 1 atom stereocenters. The van der Waals surface area contributed by atoms with Crippen molar-refractivity contribution in [1.82, 2.24) is 10.3 Å². The summed E-state index contributed by atoms with van der Waals surface area (Å²) in [7, 11) is 0. The second-order valence-electron chi connectivity index (χ2n) is 4.46. The molecule has 0 amide bonds. The Balaban J connectivity index is 2.71. The van der Waals surface area contributed by atoms with E-state index in [4.69, 9.17) is 0 Å². The van der Waals surface area contributed by atoms with Gasteiger partial charge >= 0.3 is 6.18 Å². The normalized spacial score (nSPS) is 13.6. The lowest BCUT2D eigenvalue weighted by atomic mass is 10.0. The summed E-state index contributed by atoms with van der Waals surface area (Å²) < 4.78 is 36.9. The first-order valence-corrected chi connectivity index (χ1v) is 6.14. The van der Waals surface area contributed by atoms with Crippen molar-refractivity contribution in [1.29, 1.82) is 0 Å². The number of aryl methyl sites for hydroxylation is 1. The molecule has 0 saturated carbocycles. The molecule has 1 unspecified atom stereocenters. The van der Waals surface area contributed by atoms with Gasteiger partial charge in [-0.1, -0.05) is 13.0 Å². The summed E-state index contributed by atoms with van der Waals surface area (Å²) in [4.78, 5) is 4.04. The van der Waals surface area contributed by atoms with E-state index >= 15 is 0 Å². The van der Waals surface area contributed by atoms with E-state index in [1.54, 1.807) is 12.4 Å². The van der Waals surface area contributed by atoms with Crippen molar-refractivity contribution >= 4 is 0 Å². The van der Waals surface area contributed by atoms with Gasteiger partial charge in [-0.15, -0.1) is 0 Å². The van der Waals surface area contributed by atoms with Crippen molar-refractivity contribution in [3.8, 4) is 0 Å². The highest BCUT2D eigenvalue weighted by Gasteiger charge is 2.28. The second-order valence-corrected chi connectivity index (χ2v) is 4.46. The van der Waals surface area contributed by atoms with Crippen molar-refractivity contribution in [2.24, 2.45) is 0 Å². The highest BCUT2D eigenvalue weighted by atomic mass is 19.4. The van der Waals surface area contributed by atoms with E-state index in [9.17, 15) is 13.2 Å². The van der Waals surface area contributed by atoms with Gasteiger partial charge in [-0.3, -0.25) is 4.98 Å². The number of pyridine rings is 1. The van der Waals surface area contributed by atoms with Crippen molar-refractivity contribution in [3.63, 3.8) is 0 Å². The molecule has 0 aliphatic rings. The topological polar surface area (TPSA) is 24.9 Å². The third-order valence-corrected chi connectivity index (χ3v) is 2.66. The SMILES string of the molecule is CCCNC(CCC(F)(F)F)c1cncc(C)c1. The third kappa shape index (κ3) is 5.49. The smallest absolute Gasteiger partial charge is 0.310 e. The average molecular weight is 260 g/mol. The van der Waals surface area contributed by atoms with Gasteiger partial charge in [-0.25, -0.2) is 0 Å². The summed E-state index contributed by atoms with van der Waals surface area (Å²) in [6, 6.07) is 1.61. The van der Waals surface area contributed by atoms with Crippen LogP contribution in [-0.2, 0) is 0 Å². The Bertz CT molecular complexity index is 363. The number of halogens is 3. The first-order chi connectivity index (χ1) is 8.42. The van der Waals surface area contributed by atoms with Crippen molar-refractivity contribution in [2.75, 3.05) is 6.54 Å². The molecule has 0 bridgehead atoms. The number of nitrogens with one attached hydrogen (secondary N) is 1. The van der Waals surface area contributed by atoms with Crippen LogP contribution in [0.3, 0.4) is 0 Å². The van der Waals surface area contributed by atoms with Crippen molar-refractivity contribution < 1.29 is 13.2 Å². The molecule has 0 radical (unpaired) electrons. The van der Waals surface area contributed by atoms with Gasteiger partial charge in [0, 0.05) is 24.9 Å². The lowest BCUT2D eigenvalue weighted by Crippen LogP contribution is -2.24. The monoisotopic (exact) mass is 260 g/mol. The Morgan fingerprint density at radius 2 is 2.06 bits per heavy atom. The van der Waals surface area contributed by atoms with Crippen LogP contribution in [0.4, 0.5) is 13.2 Å². The summed E-state index contributed by atoms with van der Waals surface area (Å²) >= 11 is 0. The molecule has 0 fully saturated rings. The fraction of sp³-hybridized carbons (Fsp3) is 0.615. The Kier molecular flexibility index (Phi) is 5.59. The molecule has 1 rings (SSSR count). The largest absolute Gasteiger partial charge is 0.389 e. The molecule has 102 valence electrons. The molecular weight excluding hydrogens is 241 g/mol. The van der Waals surface area contributed by atoms with E-state index in [-0.39, 0.29) is 12.5 Å². The fourth-order valence-corrected chi connectivity index (χ4v) is 1.78. The molecule has 1 heterocycles. The molecule has 1 aromatic heterocycles. The number of hydrogen-bond donors (Lipinski definition) is 1. The Morgan fingerprint density at radius 3 is 2.61 bits per heavy atom. The molecular formula is C13H19F3N2. The van der Waals surface area contributed by atoms with Crippen molar-refractivity contribution in [3.05, 3.63) is 29.6 Å². The van der Waals surface area contributed by atoms with E-state index in [0.29, 0.717) is 6.54 Å². The van der Waals surface area contributed by atoms with Gasteiger partial charge in [0.2, 0.25) is 0 Å². The van der Waals surface area contributed by atoms with Gasteiger partial charge in [0.25, 0.3) is 0 Å². The predicted molar refractivity (Wildman–Crippen MR) is 65.3 cm³/mol. The predicted octanol–water partition coefficient (Wildman–Crippen LogP) is 3.77. The summed E-state index contributed by atoms with van der Waals surface area (Å²) in [5.41, 5.74) is 1.79. The van der Waals surface area contributed by atoms with E-state index in [0.717, 1.165) is 17.5 Å². The molecule has 2 nitrogen and oxygen atoms in total. The summed E-state index contributed by atoms with van der Waals surface area (Å²) in [6.07, 6.45) is -0.608. The Labute approximate surface area is 106 Å². The van der Waals surface area contributed by atoms with Crippen molar-refractivity contribution in [2.45, 2.75) is 45.3 Å². The average Bonchev–Trinajstić information content (AvgIpc) is 2.28. The maximum Gasteiger partial charge on any atom is 0.389 e. The minimum Gasteiger partial charge on any atom is -0.310 e. The molecule has 0 spiro atoms. The molecule has 1 aromatic rings. The highest BCUT2D eigenvalue weighted by molar-refractivity contribution is 5.20. The van der Waals surface area contributed by atoms with Crippen LogP contribution in [0.15, 0.2) is 18.5 Å². The number of hydrogen-bond acceptors (Lipinski definition) is 2. The zero-order chi connectivity index (χ0) is 13.6. The van der Waals surface area contributed by atoms with Crippen LogP contribution in [0.1, 0.15) is 43.4 Å². The first-order valence-electron chi connectivity index (χ1n) is 6.14. The molecule has 0 aliphatic carbocycles. The van der Waals surface area contributed by atoms with Crippen LogP contribution < -0.4 is 5.32 Å². The van der Waals surface area contributed by atoms with Crippen LogP contribution in [0, 0.1) is 6.92 Å². The number of aromatic nitrogens is 1. The van der Waals surface area contributed by atoms with E-state index in [1.807, 2.05) is 19.9 Å². The summed E-state index contributed by atoms with van der Waals surface area (Å²) in [6.45, 7) is 4.58. The summed E-state index contributed by atoms with van der Waals surface area (Å²) in [5, 5.41) is 3.15. The molecule has 0 saturated heterocycles. The van der Waals surface area contributed by atoms with Gasteiger partial charge < -0.3 is 5.32 Å². The minimum absolute atomic E-state index is 0.0502. The van der Waals surface area contributed by atoms with Crippen LogP contribution in [0.2, 0.25) is 0 Å². The van der Waals surface area contributed by atoms with Crippen LogP contribution in [0.25, 0.3) is 0 Å². The zero-order valence-electron chi connectivity index (χ0n) is 10.7. The minimum atomic E-state index is -4.11. The Morgan fingerprint density at radius 1 is 1.33 bits per heavy atom. The molecule has 5 heteroatoms. The van der Waals surface area contributed by atoms with Gasteiger partial charge in [0.15, 0.2) is 0 Å². The summed E-state index contributed by atoms with van der Waals surface area (Å²) in [5.74, 6) is 0. The number of alkyl halides is 3. The standard InChI is InChI=1S/C13H19F3N2/c1-3-6-18-12(4-5-13(14,15)16)11-7-10(2)8-17-9-11/h7-9,12,18H,3-6H2,1-2H3.